The minimum Gasteiger partial charge on any atom is -0.336 e. The maximum atomic E-state index is 4.09. The van der Waals surface area contributed by atoms with Gasteiger partial charge in [-0.05, 0) is 25.2 Å². The summed E-state index contributed by atoms with van der Waals surface area (Å²) in [6.07, 6.45) is 11.2. The summed E-state index contributed by atoms with van der Waals surface area (Å²) in [6.45, 7) is 8.07. The van der Waals surface area contributed by atoms with Gasteiger partial charge >= 0.3 is 0 Å². The average Bonchev–Trinajstić information content (AvgIpc) is 2.73. The molecule has 1 heterocycles. The molecule has 0 aromatic carbocycles. The molecular formula is C14H25N3. The summed E-state index contributed by atoms with van der Waals surface area (Å²) in [7, 11) is 0. The molecule has 0 spiro atoms. The van der Waals surface area contributed by atoms with E-state index < -0.39 is 0 Å². The zero-order valence-electron chi connectivity index (χ0n) is 11.3. The van der Waals surface area contributed by atoms with Gasteiger partial charge < -0.3 is 9.88 Å². The van der Waals surface area contributed by atoms with Crippen LogP contribution >= 0.6 is 0 Å². The molecular weight excluding hydrogens is 210 g/mol. The SMILES string of the molecule is CC(Cn1ccnc1)NC1CCCCC1(C)C. The smallest absolute Gasteiger partial charge is 0.0946 e. The first-order valence-corrected chi connectivity index (χ1v) is 6.80. The first-order valence-electron chi connectivity index (χ1n) is 6.80. The van der Waals surface area contributed by atoms with E-state index in [9.17, 15) is 0 Å². The normalized spacial score (nSPS) is 25.7. The van der Waals surface area contributed by atoms with Crippen LogP contribution in [0.1, 0.15) is 46.5 Å². The molecule has 1 saturated carbocycles. The lowest BCUT2D eigenvalue weighted by Crippen LogP contribution is -2.48. The Morgan fingerprint density at radius 1 is 1.47 bits per heavy atom. The number of nitrogens with one attached hydrogen (secondary N) is 1. The molecule has 3 nitrogen and oxygen atoms in total. The van der Waals surface area contributed by atoms with Crippen molar-refractivity contribution < 1.29 is 0 Å². The Morgan fingerprint density at radius 2 is 2.29 bits per heavy atom. The van der Waals surface area contributed by atoms with Gasteiger partial charge in [-0.3, -0.25) is 0 Å². The van der Waals surface area contributed by atoms with E-state index in [0.29, 0.717) is 17.5 Å². The number of imidazole rings is 1. The zero-order valence-corrected chi connectivity index (χ0v) is 11.3. The van der Waals surface area contributed by atoms with Crippen molar-refractivity contribution in [1.29, 1.82) is 0 Å². The maximum Gasteiger partial charge on any atom is 0.0946 e. The second kappa shape index (κ2) is 5.21. The third-order valence-corrected chi connectivity index (χ3v) is 4.04. The Bertz CT molecular complexity index is 329. The van der Waals surface area contributed by atoms with Crippen molar-refractivity contribution in [3.8, 4) is 0 Å². The lowest BCUT2D eigenvalue weighted by Gasteiger charge is -2.40. The minimum atomic E-state index is 0.446. The van der Waals surface area contributed by atoms with E-state index >= 15 is 0 Å². The van der Waals surface area contributed by atoms with Crippen molar-refractivity contribution in [1.82, 2.24) is 14.9 Å². The van der Waals surface area contributed by atoms with Gasteiger partial charge in [-0.2, -0.15) is 0 Å². The van der Waals surface area contributed by atoms with E-state index in [1.807, 2.05) is 18.7 Å². The van der Waals surface area contributed by atoms with Gasteiger partial charge in [0.2, 0.25) is 0 Å². The van der Waals surface area contributed by atoms with Crippen LogP contribution in [0, 0.1) is 5.41 Å². The van der Waals surface area contributed by atoms with Crippen LogP contribution in [-0.4, -0.2) is 21.6 Å². The Balaban J connectivity index is 1.87. The molecule has 2 unspecified atom stereocenters. The van der Waals surface area contributed by atoms with Gasteiger partial charge in [0, 0.05) is 31.0 Å². The molecule has 1 aromatic heterocycles. The summed E-state index contributed by atoms with van der Waals surface area (Å²) in [5.74, 6) is 0. The summed E-state index contributed by atoms with van der Waals surface area (Å²) in [4.78, 5) is 4.09. The molecule has 0 saturated heterocycles. The van der Waals surface area contributed by atoms with Gasteiger partial charge in [-0.15, -0.1) is 0 Å². The van der Waals surface area contributed by atoms with Crippen molar-refractivity contribution >= 4 is 0 Å². The van der Waals surface area contributed by atoms with Crippen molar-refractivity contribution in [2.75, 3.05) is 0 Å². The molecule has 0 bridgehead atoms. The van der Waals surface area contributed by atoms with Crippen LogP contribution < -0.4 is 5.32 Å². The Hall–Kier alpha value is -0.830. The molecule has 0 aliphatic heterocycles. The van der Waals surface area contributed by atoms with Gasteiger partial charge in [-0.25, -0.2) is 4.98 Å². The Labute approximate surface area is 105 Å². The molecule has 1 aromatic rings. The van der Waals surface area contributed by atoms with Gasteiger partial charge in [0.25, 0.3) is 0 Å². The summed E-state index contributed by atoms with van der Waals surface area (Å²) in [6, 6.07) is 1.17. The molecule has 96 valence electrons. The largest absolute Gasteiger partial charge is 0.336 e. The number of nitrogens with zero attached hydrogens (tertiary/aromatic N) is 2. The van der Waals surface area contributed by atoms with E-state index in [-0.39, 0.29) is 0 Å². The van der Waals surface area contributed by atoms with Crippen molar-refractivity contribution in [3.05, 3.63) is 18.7 Å². The summed E-state index contributed by atoms with van der Waals surface area (Å²) < 4.78 is 2.15. The topological polar surface area (TPSA) is 29.9 Å². The van der Waals surface area contributed by atoms with E-state index in [2.05, 4.69) is 35.6 Å². The van der Waals surface area contributed by atoms with E-state index in [1.54, 1.807) is 0 Å². The standard InChI is InChI=1S/C14H25N3/c1-12(10-17-9-8-15-11-17)16-13-6-4-5-7-14(13,2)3/h8-9,11-13,16H,4-7,10H2,1-3H3. The number of rotatable bonds is 4. The van der Waals surface area contributed by atoms with Crippen molar-refractivity contribution in [2.24, 2.45) is 5.41 Å². The van der Waals surface area contributed by atoms with Gasteiger partial charge in [0.15, 0.2) is 0 Å². The highest BCUT2D eigenvalue weighted by Gasteiger charge is 2.32. The minimum absolute atomic E-state index is 0.446. The summed E-state index contributed by atoms with van der Waals surface area (Å²) in [5.41, 5.74) is 0.446. The quantitative estimate of drug-likeness (QED) is 0.869. The molecule has 2 atom stereocenters. The Morgan fingerprint density at radius 3 is 2.94 bits per heavy atom. The predicted molar refractivity (Wildman–Crippen MR) is 70.9 cm³/mol. The van der Waals surface area contributed by atoms with E-state index in [4.69, 9.17) is 0 Å². The van der Waals surface area contributed by atoms with Gasteiger partial charge in [0.05, 0.1) is 6.33 Å². The van der Waals surface area contributed by atoms with Crippen LogP contribution in [0.5, 0.6) is 0 Å². The lowest BCUT2D eigenvalue weighted by molar-refractivity contribution is 0.154. The van der Waals surface area contributed by atoms with Crippen LogP contribution in [0.3, 0.4) is 0 Å². The highest BCUT2D eigenvalue weighted by Crippen LogP contribution is 2.35. The van der Waals surface area contributed by atoms with Crippen molar-refractivity contribution in [3.63, 3.8) is 0 Å². The summed E-state index contributed by atoms with van der Waals surface area (Å²) >= 11 is 0. The molecule has 2 rings (SSSR count). The average molecular weight is 235 g/mol. The maximum absolute atomic E-state index is 4.09. The molecule has 0 radical (unpaired) electrons. The van der Waals surface area contributed by atoms with E-state index in [0.717, 1.165) is 6.54 Å². The molecule has 1 aliphatic carbocycles. The molecule has 0 amide bonds. The first kappa shape index (κ1) is 12.6. The monoisotopic (exact) mass is 235 g/mol. The van der Waals surface area contributed by atoms with Gasteiger partial charge in [-0.1, -0.05) is 26.7 Å². The molecule has 3 heteroatoms. The third kappa shape index (κ3) is 3.32. The van der Waals surface area contributed by atoms with Crippen molar-refractivity contribution in [2.45, 2.75) is 65.1 Å². The Kier molecular flexibility index (Phi) is 3.87. The summed E-state index contributed by atoms with van der Waals surface area (Å²) in [5, 5.41) is 3.80. The second-order valence-corrected chi connectivity index (χ2v) is 6.11. The van der Waals surface area contributed by atoms with Crippen LogP contribution in [-0.2, 0) is 6.54 Å². The number of hydrogen-bond donors (Lipinski definition) is 1. The van der Waals surface area contributed by atoms with E-state index in [1.165, 1.54) is 25.7 Å². The first-order chi connectivity index (χ1) is 8.08. The fraction of sp³-hybridized carbons (Fsp3) is 0.786. The molecule has 1 aliphatic rings. The molecule has 1 N–H and O–H groups in total. The fourth-order valence-electron chi connectivity index (χ4n) is 2.91. The highest BCUT2D eigenvalue weighted by molar-refractivity contribution is 4.89. The van der Waals surface area contributed by atoms with Crippen LogP contribution in [0.25, 0.3) is 0 Å². The fourth-order valence-corrected chi connectivity index (χ4v) is 2.91. The zero-order chi connectivity index (χ0) is 12.3. The predicted octanol–water partition coefficient (Wildman–Crippen LogP) is 2.83. The number of hydrogen-bond acceptors (Lipinski definition) is 2. The molecule has 17 heavy (non-hydrogen) atoms. The van der Waals surface area contributed by atoms with Crippen LogP contribution in [0.2, 0.25) is 0 Å². The van der Waals surface area contributed by atoms with Gasteiger partial charge in [0.1, 0.15) is 0 Å². The van der Waals surface area contributed by atoms with Crippen LogP contribution in [0.15, 0.2) is 18.7 Å². The highest BCUT2D eigenvalue weighted by atomic mass is 15.1. The molecule has 1 fully saturated rings. The second-order valence-electron chi connectivity index (χ2n) is 6.11. The van der Waals surface area contributed by atoms with Crippen LogP contribution in [0.4, 0.5) is 0 Å². The third-order valence-electron chi connectivity index (χ3n) is 4.04. The number of aromatic nitrogens is 2. The lowest BCUT2D eigenvalue weighted by atomic mass is 9.73.